The molecule has 0 spiro atoms. The Morgan fingerprint density at radius 1 is 1.03 bits per heavy atom. The average Bonchev–Trinajstić information content (AvgIpc) is 3.53. The van der Waals surface area contributed by atoms with Gasteiger partial charge >= 0.3 is 0 Å². The number of aromatic nitrogens is 2. The summed E-state index contributed by atoms with van der Waals surface area (Å²) in [7, 11) is 3.21. The van der Waals surface area contributed by atoms with Crippen molar-refractivity contribution < 1.29 is 14.4 Å². The fourth-order valence-corrected chi connectivity index (χ4v) is 4.84. The van der Waals surface area contributed by atoms with Gasteiger partial charge in [0.25, 0.3) is 5.69 Å². The fourth-order valence-electron chi connectivity index (χ4n) is 4.50. The molecule has 1 aliphatic rings. The Balaban J connectivity index is 1.66. The van der Waals surface area contributed by atoms with Gasteiger partial charge in [0.2, 0.25) is 0 Å². The highest BCUT2D eigenvalue weighted by atomic mass is 32.1. The Morgan fingerprint density at radius 3 is 2.50 bits per heavy atom. The van der Waals surface area contributed by atoms with Crippen molar-refractivity contribution in [2.75, 3.05) is 19.1 Å². The van der Waals surface area contributed by atoms with Crippen LogP contribution in [0.15, 0.2) is 85.2 Å². The van der Waals surface area contributed by atoms with Crippen molar-refractivity contribution in [3.63, 3.8) is 0 Å². The molecule has 2 atom stereocenters. The SMILES string of the molecule is COc1ccc(N2C(=S)N[C@H](c3ccccn3)[C@H]2c2cccn2-c2ccc([N+](=O)[O-])cc2)c(OC)c1. The number of hydrogen-bond acceptors (Lipinski definition) is 6. The molecule has 1 saturated heterocycles. The van der Waals surface area contributed by atoms with Crippen molar-refractivity contribution in [1.29, 1.82) is 0 Å². The summed E-state index contributed by atoms with van der Waals surface area (Å²) in [6, 6.07) is 21.2. The summed E-state index contributed by atoms with van der Waals surface area (Å²) in [4.78, 5) is 17.4. The Kier molecular flexibility index (Phi) is 6.26. The third-order valence-electron chi connectivity index (χ3n) is 6.17. The predicted molar refractivity (Wildman–Crippen MR) is 140 cm³/mol. The minimum absolute atomic E-state index is 0.0344. The number of anilines is 1. The van der Waals surface area contributed by atoms with Crippen LogP contribution in [0.2, 0.25) is 0 Å². The molecule has 3 heterocycles. The van der Waals surface area contributed by atoms with Crippen molar-refractivity contribution in [2.24, 2.45) is 0 Å². The van der Waals surface area contributed by atoms with Gasteiger partial charge in [-0.15, -0.1) is 0 Å². The molecule has 2 aromatic heterocycles. The van der Waals surface area contributed by atoms with E-state index < -0.39 is 4.92 Å². The van der Waals surface area contributed by atoms with E-state index in [2.05, 4.69) is 10.3 Å². The van der Waals surface area contributed by atoms with E-state index in [9.17, 15) is 10.1 Å². The number of thiocarbonyl (C=S) groups is 1. The van der Waals surface area contributed by atoms with E-state index in [1.807, 2.05) is 64.2 Å². The van der Waals surface area contributed by atoms with E-state index >= 15 is 0 Å². The zero-order chi connectivity index (χ0) is 25.2. The normalized spacial score (nSPS) is 17.1. The number of benzene rings is 2. The number of ether oxygens (including phenoxy) is 2. The lowest BCUT2D eigenvalue weighted by Crippen LogP contribution is -2.30. The Bertz CT molecular complexity index is 1410. The van der Waals surface area contributed by atoms with Crippen LogP contribution in [0.1, 0.15) is 23.5 Å². The van der Waals surface area contributed by atoms with Crippen LogP contribution in [0.25, 0.3) is 5.69 Å². The maximum atomic E-state index is 11.2. The Morgan fingerprint density at radius 2 is 1.83 bits per heavy atom. The van der Waals surface area contributed by atoms with Crippen LogP contribution in [-0.4, -0.2) is 33.8 Å². The molecular formula is C26H23N5O4S. The molecule has 0 saturated carbocycles. The largest absolute Gasteiger partial charge is 0.497 e. The van der Waals surface area contributed by atoms with Gasteiger partial charge in [-0.05, 0) is 60.7 Å². The number of nitrogens with zero attached hydrogens (tertiary/aromatic N) is 4. The first kappa shape index (κ1) is 23.3. The second kappa shape index (κ2) is 9.67. The second-order valence-corrected chi connectivity index (χ2v) is 8.50. The molecule has 9 nitrogen and oxygen atoms in total. The number of nitrogens with one attached hydrogen (secondary N) is 1. The molecule has 2 aromatic carbocycles. The number of hydrogen-bond donors (Lipinski definition) is 1. The van der Waals surface area contributed by atoms with E-state index in [1.54, 1.807) is 32.5 Å². The summed E-state index contributed by atoms with van der Waals surface area (Å²) >= 11 is 5.84. The minimum atomic E-state index is -0.408. The summed E-state index contributed by atoms with van der Waals surface area (Å²) in [6.45, 7) is 0. The molecule has 10 heteroatoms. The number of methoxy groups -OCH3 is 2. The highest BCUT2D eigenvalue weighted by Gasteiger charge is 2.43. The fraction of sp³-hybridized carbons (Fsp3) is 0.154. The highest BCUT2D eigenvalue weighted by molar-refractivity contribution is 7.80. The lowest BCUT2D eigenvalue weighted by atomic mass is 10.0. The summed E-state index contributed by atoms with van der Waals surface area (Å²) in [5, 5.41) is 15.1. The van der Waals surface area contributed by atoms with Crippen molar-refractivity contribution in [2.45, 2.75) is 12.1 Å². The van der Waals surface area contributed by atoms with E-state index in [-0.39, 0.29) is 17.8 Å². The van der Waals surface area contributed by atoms with E-state index in [0.717, 1.165) is 22.8 Å². The molecule has 1 aliphatic heterocycles. The molecule has 5 rings (SSSR count). The van der Waals surface area contributed by atoms with Gasteiger partial charge < -0.3 is 24.3 Å². The summed E-state index contributed by atoms with van der Waals surface area (Å²) in [5.74, 6) is 1.28. The molecule has 1 fully saturated rings. The number of nitro groups is 1. The minimum Gasteiger partial charge on any atom is -0.497 e. The topological polar surface area (TPSA) is 94.7 Å². The summed E-state index contributed by atoms with van der Waals surface area (Å²) in [5.41, 5.74) is 3.35. The lowest BCUT2D eigenvalue weighted by molar-refractivity contribution is -0.384. The molecular weight excluding hydrogens is 478 g/mol. The van der Waals surface area contributed by atoms with Crippen LogP contribution in [0.5, 0.6) is 11.5 Å². The van der Waals surface area contributed by atoms with Gasteiger partial charge in [-0.1, -0.05) is 6.07 Å². The van der Waals surface area contributed by atoms with Crippen LogP contribution in [-0.2, 0) is 0 Å². The summed E-state index contributed by atoms with van der Waals surface area (Å²) in [6.07, 6.45) is 3.68. The van der Waals surface area contributed by atoms with E-state index in [1.165, 1.54) is 12.1 Å². The number of non-ortho nitro benzene ring substituents is 1. The first-order valence-electron chi connectivity index (χ1n) is 11.2. The smallest absolute Gasteiger partial charge is 0.269 e. The molecule has 182 valence electrons. The average molecular weight is 502 g/mol. The van der Waals surface area contributed by atoms with E-state index in [0.29, 0.717) is 16.6 Å². The maximum Gasteiger partial charge on any atom is 0.269 e. The van der Waals surface area contributed by atoms with Crippen molar-refractivity contribution in [1.82, 2.24) is 14.9 Å². The monoisotopic (exact) mass is 501 g/mol. The molecule has 0 bridgehead atoms. The third-order valence-corrected chi connectivity index (χ3v) is 6.48. The predicted octanol–water partition coefficient (Wildman–Crippen LogP) is 4.97. The number of rotatable bonds is 7. The van der Waals surface area contributed by atoms with Crippen LogP contribution < -0.4 is 19.7 Å². The summed E-state index contributed by atoms with van der Waals surface area (Å²) < 4.78 is 13.1. The van der Waals surface area contributed by atoms with Crippen molar-refractivity contribution in [3.05, 3.63) is 107 Å². The molecule has 0 unspecified atom stereocenters. The van der Waals surface area contributed by atoms with Crippen molar-refractivity contribution >= 4 is 28.7 Å². The molecule has 4 aromatic rings. The zero-order valence-electron chi connectivity index (χ0n) is 19.6. The van der Waals surface area contributed by atoms with Crippen LogP contribution in [0.3, 0.4) is 0 Å². The van der Waals surface area contributed by atoms with Gasteiger partial charge in [0.1, 0.15) is 17.5 Å². The molecule has 0 amide bonds. The van der Waals surface area contributed by atoms with Crippen LogP contribution >= 0.6 is 12.2 Å². The molecule has 0 aliphatic carbocycles. The first-order valence-corrected chi connectivity index (χ1v) is 11.6. The lowest BCUT2D eigenvalue weighted by Gasteiger charge is -2.30. The van der Waals surface area contributed by atoms with Crippen LogP contribution in [0, 0.1) is 10.1 Å². The maximum absolute atomic E-state index is 11.2. The Hall–Kier alpha value is -4.44. The van der Waals surface area contributed by atoms with E-state index in [4.69, 9.17) is 21.7 Å². The van der Waals surface area contributed by atoms with Gasteiger partial charge in [-0.25, -0.2) is 0 Å². The number of pyridine rings is 1. The van der Waals surface area contributed by atoms with Gasteiger partial charge in [-0.3, -0.25) is 15.1 Å². The van der Waals surface area contributed by atoms with Gasteiger partial charge in [0.05, 0.1) is 36.6 Å². The van der Waals surface area contributed by atoms with Gasteiger partial charge in [0, 0.05) is 42.0 Å². The van der Waals surface area contributed by atoms with Crippen LogP contribution in [0.4, 0.5) is 11.4 Å². The zero-order valence-corrected chi connectivity index (χ0v) is 20.4. The second-order valence-electron chi connectivity index (χ2n) is 8.11. The molecule has 0 radical (unpaired) electrons. The van der Waals surface area contributed by atoms with Gasteiger partial charge in [-0.2, -0.15) is 0 Å². The number of nitro benzene ring substituents is 1. The standard InChI is InChI=1S/C26H23N5O4S/c1-34-19-12-13-21(23(16-19)35-2)30-25(24(28-26(30)36)20-6-3-4-14-27-20)22-7-5-15-29(22)17-8-10-18(11-9-17)31(32)33/h3-16,24-25H,1-2H3,(H,28,36)/t24-,25-/m1/s1. The molecule has 36 heavy (non-hydrogen) atoms. The van der Waals surface area contributed by atoms with Gasteiger partial charge in [0.15, 0.2) is 5.11 Å². The molecule has 1 N–H and O–H groups in total. The third kappa shape index (κ3) is 4.11. The quantitative estimate of drug-likeness (QED) is 0.215. The highest BCUT2D eigenvalue weighted by Crippen LogP contribution is 2.45. The Labute approximate surface area is 213 Å². The first-order chi connectivity index (χ1) is 17.5. The van der Waals surface area contributed by atoms with Crippen molar-refractivity contribution in [3.8, 4) is 17.2 Å².